The molecule has 0 amide bonds. The van der Waals surface area contributed by atoms with E-state index in [2.05, 4.69) is 71.1 Å². The zero-order chi connectivity index (χ0) is 14.7. The van der Waals surface area contributed by atoms with Crippen molar-refractivity contribution in [2.45, 2.75) is 65.0 Å². The molecule has 108 valence electrons. The van der Waals surface area contributed by atoms with Gasteiger partial charge in [0.2, 0.25) is 0 Å². The molecule has 1 aromatic rings. The quantitative estimate of drug-likeness (QED) is 0.866. The second-order valence-electron chi connectivity index (χ2n) is 7.33. The predicted octanol–water partition coefficient (Wildman–Crippen LogP) is 3.80. The largest absolute Gasteiger partial charge is 0.396 e. The molecule has 0 saturated carbocycles. The average molecular weight is 263 g/mol. The number of hydrogen-bond donors (Lipinski definition) is 2. The van der Waals surface area contributed by atoms with Crippen LogP contribution in [-0.4, -0.2) is 17.3 Å². The van der Waals surface area contributed by atoms with Crippen LogP contribution in [-0.2, 0) is 5.41 Å². The van der Waals surface area contributed by atoms with Gasteiger partial charge in [-0.15, -0.1) is 0 Å². The fraction of sp³-hybridized carbons (Fsp3) is 0.647. The molecule has 2 heteroatoms. The first-order chi connectivity index (χ1) is 8.63. The maximum absolute atomic E-state index is 9.24. The Kier molecular flexibility index (Phi) is 5.17. The summed E-state index contributed by atoms with van der Waals surface area (Å²) in [5, 5.41) is 12.8. The first-order valence-corrected chi connectivity index (χ1v) is 7.12. The summed E-state index contributed by atoms with van der Waals surface area (Å²) in [6.07, 6.45) is 0.742. The van der Waals surface area contributed by atoms with Gasteiger partial charge < -0.3 is 10.4 Å². The maximum Gasteiger partial charge on any atom is 0.0449 e. The van der Waals surface area contributed by atoms with E-state index < -0.39 is 0 Å². The Morgan fingerprint density at radius 3 is 1.89 bits per heavy atom. The molecule has 0 unspecified atom stereocenters. The van der Waals surface area contributed by atoms with Crippen LogP contribution in [0.4, 0.5) is 0 Å². The molecular formula is C17H29NO. The van der Waals surface area contributed by atoms with E-state index >= 15 is 0 Å². The van der Waals surface area contributed by atoms with Crippen molar-refractivity contribution in [3.8, 4) is 0 Å². The normalized spacial score (nSPS) is 14.5. The summed E-state index contributed by atoms with van der Waals surface area (Å²) in [4.78, 5) is 0. The van der Waals surface area contributed by atoms with E-state index in [1.165, 1.54) is 11.1 Å². The lowest BCUT2D eigenvalue weighted by Crippen LogP contribution is -2.39. The zero-order valence-electron chi connectivity index (χ0n) is 13.2. The van der Waals surface area contributed by atoms with Crippen LogP contribution in [0.25, 0.3) is 0 Å². The molecule has 0 heterocycles. The van der Waals surface area contributed by atoms with Gasteiger partial charge in [-0.05, 0) is 43.7 Å². The summed E-state index contributed by atoms with van der Waals surface area (Å²) >= 11 is 0. The number of benzene rings is 1. The van der Waals surface area contributed by atoms with Gasteiger partial charge in [-0.1, -0.05) is 45.0 Å². The number of aliphatic hydroxyl groups excluding tert-OH is 1. The number of hydrogen-bond acceptors (Lipinski definition) is 2. The standard InChI is InChI=1S/C17H29NO/c1-16(2,3)14-9-7-13(8-10-14)15(11-12-19)18-17(4,5)6/h7-10,15,18-19H,11-12H2,1-6H3/t15-/m1/s1. The Labute approximate surface area is 118 Å². The summed E-state index contributed by atoms with van der Waals surface area (Å²) < 4.78 is 0. The first kappa shape index (κ1) is 16.2. The molecule has 0 saturated heterocycles. The van der Waals surface area contributed by atoms with Crippen molar-refractivity contribution in [1.29, 1.82) is 0 Å². The van der Waals surface area contributed by atoms with Gasteiger partial charge in [-0.25, -0.2) is 0 Å². The zero-order valence-corrected chi connectivity index (χ0v) is 13.2. The van der Waals surface area contributed by atoms with Crippen molar-refractivity contribution in [1.82, 2.24) is 5.32 Å². The summed E-state index contributed by atoms with van der Waals surface area (Å²) in [5.74, 6) is 0. The fourth-order valence-electron chi connectivity index (χ4n) is 2.19. The van der Waals surface area contributed by atoms with Crippen molar-refractivity contribution < 1.29 is 5.11 Å². The minimum atomic E-state index is 0.0442. The van der Waals surface area contributed by atoms with Crippen molar-refractivity contribution in [3.63, 3.8) is 0 Å². The Balaban J connectivity index is 2.91. The minimum Gasteiger partial charge on any atom is -0.396 e. The van der Waals surface area contributed by atoms with Gasteiger partial charge in [-0.3, -0.25) is 0 Å². The molecule has 1 atom stereocenters. The molecule has 0 aliphatic carbocycles. The average Bonchev–Trinajstić information content (AvgIpc) is 2.26. The molecule has 0 aromatic heterocycles. The van der Waals surface area contributed by atoms with Gasteiger partial charge in [0.15, 0.2) is 0 Å². The van der Waals surface area contributed by atoms with Gasteiger partial charge in [-0.2, -0.15) is 0 Å². The Morgan fingerprint density at radius 1 is 1.00 bits per heavy atom. The predicted molar refractivity (Wildman–Crippen MR) is 82.5 cm³/mol. The number of aliphatic hydroxyl groups is 1. The van der Waals surface area contributed by atoms with Gasteiger partial charge >= 0.3 is 0 Å². The highest BCUT2D eigenvalue weighted by Gasteiger charge is 2.19. The van der Waals surface area contributed by atoms with E-state index in [1.54, 1.807) is 0 Å². The summed E-state index contributed by atoms with van der Waals surface area (Å²) in [5.41, 5.74) is 2.82. The van der Waals surface area contributed by atoms with Crippen molar-refractivity contribution in [3.05, 3.63) is 35.4 Å². The lowest BCUT2D eigenvalue weighted by molar-refractivity contribution is 0.247. The SMILES string of the molecule is CC(C)(C)N[C@H](CCO)c1ccc(C(C)(C)C)cc1. The second kappa shape index (κ2) is 6.06. The summed E-state index contributed by atoms with van der Waals surface area (Å²) in [7, 11) is 0. The van der Waals surface area contributed by atoms with E-state index in [9.17, 15) is 5.11 Å². The molecule has 1 rings (SSSR count). The molecule has 0 fully saturated rings. The van der Waals surface area contributed by atoms with Crippen LogP contribution in [0.15, 0.2) is 24.3 Å². The number of nitrogens with one attached hydrogen (secondary N) is 1. The van der Waals surface area contributed by atoms with Crippen molar-refractivity contribution in [2.75, 3.05) is 6.61 Å². The lowest BCUT2D eigenvalue weighted by atomic mass is 9.86. The van der Waals surface area contributed by atoms with Gasteiger partial charge in [0.25, 0.3) is 0 Å². The molecule has 0 bridgehead atoms. The van der Waals surface area contributed by atoms with E-state index in [0.717, 1.165) is 6.42 Å². The minimum absolute atomic E-state index is 0.0442. The number of rotatable bonds is 4. The molecule has 1 aromatic carbocycles. The van der Waals surface area contributed by atoms with Crippen LogP contribution in [0.5, 0.6) is 0 Å². The molecule has 2 N–H and O–H groups in total. The Bertz CT molecular complexity index is 381. The highest BCUT2D eigenvalue weighted by molar-refractivity contribution is 5.29. The molecule has 0 aliphatic heterocycles. The highest BCUT2D eigenvalue weighted by atomic mass is 16.3. The smallest absolute Gasteiger partial charge is 0.0449 e. The molecule has 19 heavy (non-hydrogen) atoms. The van der Waals surface area contributed by atoms with Crippen LogP contribution in [0.2, 0.25) is 0 Å². The van der Waals surface area contributed by atoms with Gasteiger partial charge in [0, 0.05) is 18.2 Å². The summed E-state index contributed by atoms with van der Waals surface area (Å²) in [6, 6.07) is 8.96. The molecule has 2 nitrogen and oxygen atoms in total. The molecule has 0 radical (unpaired) electrons. The molecule has 0 spiro atoms. The van der Waals surface area contributed by atoms with Crippen molar-refractivity contribution >= 4 is 0 Å². The first-order valence-electron chi connectivity index (χ1n) is 7.12. The second-order valence-corrected chi connectivity index (χ2v) is 7.33. The Morgan fingerprint density at radius 2 is 1.53 bits per heavy atom. The fourth-order valence-corrected chi connectivity index (χ4v) is 2.19. The van der Waals surface area contributed by atoms with Crippen LogP contribution < -0.4 is 5.32 Å². The Hall–Kier alpha value is -0.860. The van der Waals surface area contributed by atoms with Gasteiger partial charge in [0.1, 0.15) is 0 Å². The van der Waals surface area contributed by atoms with Crippen LogP contribution >= 0.6 is 0 Å². The maximum atomic E-state index is 9.24. The van der Waals surface area contributed by atoms with Crippen molar-refractivity contribution in [2.24, 2.45) is 0 Å². The third-order valence-electron chi connectivity index (χ3n) is 3.20. The molecular weight excluding hydrogens is 234 g/mol. The highest BCUT2D eigenvalue weighted by Crippen LogP contribution is 2.25. The van der Waals surface area contributed by atoms with Crippen LogP contribution in [0.3, 0.4) is 0 Å². The molecule has 0 aliphatic rings. The van der Waals surface area contributed by atoms with E-state index in [0.29, 0.717) is 0 Å². The lowest BCUT2D eigenvalue weighted by Gasteiger charge is -2.29. The topological polar surface area (TPSA) is 32.3 Å². The van der Waals surface area contributed by atoms with Gasteiger partial charge in [0.05, 0.1) is 0 Å². The third-order valence-corrected chi connectivity index (χ3v) is 3.20. The third kappa shape index (κ3) is 5.33. The van der Waals surface area contributed by atoms with Crippen LogP contribution in [0, 0.1) is 0 Å². The van der Waals surface area contributed by atoms with E-state index in [-0.39, 0.29) is 23.6 Å². The van der Waals surface area contributed by atoms with Crippen LogP contribution in [0.1, 0.15) is 65.1 Å². The van der Waals surface area contributed by atoms with E-state index in [4.69, 9.17) is 0 Å². The monoisotopic (exact) mass is 263 g/mol. The van der Waals surface area contributed by atoms with E-state index in [1.807, 2.05) is 0 Å². The summed E-state index contributed by atoms with van der Waals surface area (Å²) in [6.45, 7) is 13.3.